The SMILES string of the molecule is CC(C)(C)c1ccc(Oc2c(Cl)cccc2C=O)cc1. The number of rotatable bonds is 3. The average molecular weight is 289 g/mol. The highest BCUT2D eigenvalue weighted by molar-refractivity contribution is 6.32. The van der Waals surface area contributed by atoms with E-state index in [4.69, 9.17) is 16.3 Å². The van der Waals surface area contributed by atoms with Crippen molar-refractivity contribution < 1.29 is 9.53 Å². The van der Waals surface area contributed by atoms with Crippen molar-refractivity contribution in [1.29, 1.82) is 0 Å². The number of para-hydroxylation sites is 1. The van der Waals surface area contributed by atoms with Gasteiger partial charge in [-0.3, -0.25) is 4.79 Å². The van der Waals surface area contributed by atoms with Crippen molar-refractivity contribution in [3.63, 3.8) is 0 Å². The molecular formula is C17H17ClO2. The van der Waals surface area contributed by atoms with Gasteiger partial charge in [0.2, 0.25) is 0 Å². The predicted molar refractivity (Wildman–Crippen MR) is 82.1 cm³/mol. The predicted octanol–water partition coefficient (Wildman–Crippen LogP) is 5.24. The largest absolute Gasteiger partial charge is 0.455 e. The quantitative estimate of drug-likeness (QED) is 0.722. The van der Waals surface area contributed by atoms with Crippen LogP contribution in [0.3, 0.4) is 0 Å². The van der Waals surface area contributed by atoms with Crippen LogP contribution >= 0.6 is 11.6 Å². The molecule has 0 aliphatic heterocycles. The molecule has 0 saturated carbocycles. The molecule has 0 radical (unpaired) electrons. The molecule has 0 aliphatic carbocycles. The fraction of sp³-hybridized carbons (Fsp3) is 0.235. The Labute approximate surface area is 124 Å². The summed E-state index contributed by atoms with van der Waals surface area (Å²) in [4.78, 5) is 11.0. The molecule has 104 valence electrons. The van der Waals surface area contributed by atoms with E-state index >= 15 is 0 Å². The van der Waals surface area contributed by atoms with Gasteiger partial charge in [-0.1, -0.05) is 50.6 Å². The number of carbonyl (C=O) groups excluding carboxylic acids is 1. The van der Waals surface area contributed by atoms with Crippen LogP contribution in [-0.4, -0.2) is 6.29 Å². The zero-order chi connectivity index (χ0) is 14.8. The van der Waals surface area contributed by atoms with Gasteiger partial charge in [-0.25, -0.2) is 0 Å². The molecule has 0 aliphatic rings. The van der Waals surface area contributed by atoms with Crippen LogP contribution in [0.2, 0.25) is 5.02 Å². The normalized spacial score (nSPS) is 11.2. The Hall–Kier alpha value is -1.80. The Balaban J connectivity index is 2.29. The van der Waals surface area contributed by atoms with Gasteiger partial charge in [0.15, 0.2) is 12.0 Å². The summed E-state index contributed by atoms with van der Waals surface area (Å²) < 4.78 is 5.74. The van der Waals surface area contributed by atoms with E-state index < -0.39 is 0 Å². The van der Waals surface area contributed by atoms with Gasteiger partial charge in [0.25, 0.3) is 0 Å². The van der Waals surface area contributed by atoms with Gasteiger partial charge < -0.3 is 4.74 Å². The second-order valence-electron chi connectivity index (χ2n) is 5.65. The smallest absolute Gasteiger partial charge is 0.156 e. The van der Waals surface area contributed by atoms with Crippen molar-refractivity contribution in [2.24, 2.45) is 0 Å². The first kappa shape index (κ1) is 14.6. The molecule has 0 aromatic heterocycles. The highest BCUT2D eigenvalue weighted by Gasteiger charge is 2.14. The first-order valence-electron chi connectivity index (χ1n) is 6.44. The Morgan fingerprint density at radius 3 is 2.25 bits per heavy atom. The summed E-state index contributed by atoms with van der Waals surface area (Å²) in [5, 5.41) is 0.425. The number of hydrogen-bond donors (Lipinski definition) is 0. The van der Waals surface area contributed by atoms with Crippen molar-refractivity contribution in [2.45, 2.75) is 26.2 Å². The van der Waals surface area contributed by atoms with Crippen LogP contribution in [0.25, 0.3) is 0 Å². The molecule has 2 rings (SSSR count). The number of benzene rings is 2. The summed E-state index contributed by atoms with van der Waals surface area (Å²) in [6, 6.07) is 12.9. The third kappa shape index (κ3) is 3.20. The van der Waals surface area contributed by atoms with Crippen LogP contribution in [0.1, 0.15) is 36.7 Å². The van der Waals surface area contributed by atoms with Crippen LogP contribution in [0.5, 0.6) is 11.5 Å². The maximum Gasteiger partial charge on any atom is 0.156 e. The average Bonchev–Trinajstić information content (AvgIpc) is 2.40. The molecule has 0 N–H and O–H groups in total. The summed E-state index contributed by atoms with van der Waals surface area (Å²) in [6.45, 7) is 6.46. The van der Waals surface area contributed by atoms with E-state index in [2.05, 4.69) is 20.8 Å². The van der Waals surface area contributed by atoms with E-state index in [0.29, 0.717) is 22.1 Å². The Kier molecular flexibility index (Phi) is 4.15. The minimum Gasteiger partial charge on any atom is -0.455 e. The second kappa shape index (κ2) is 5.68. The number of hydrogen-bond acceptors (Lipinski definition) is 2. The highest BCUT2D eigenvalue weighted by atomic mass is 35.5. The van der Waals surface area contributed by atoms with E-state index in [0.717, 1.165) is 6.29 Å². The minimum atomic E-state index is 0.0941. The number of ether oxygens (including phenoxy) is 1. The molecule has 0 unspecified atom stereocenters. The molecule has 0 saturated heterocycles. The summed E-state index contributed by atoms with van der Waals surface area (Å²) in [7, 11) is 0. The first-order valence-corrected chi connectivity index (χ1v) is 6.81. The van der Waals surface area contributed by atoms with Crippen molar-refractivity contribution in [2.75, 3.05) is 0 Å². The second-order valence-corrected chi connectivity index (χ2v) is 6.06. The van der Waals surface area contributed by atoms with Crippen LogP contribution in [0.4, 0.5) is 0 Å². The molecule has 2 aromatic rings. The molecule has 0 heterocycles. The van der Waals surface area contributed by atoms with Crippen molar-refractivity contribution in [3.8, 4) is 11.5 Å². The fourth-order valence-corrected chi connectivity index (χ4v) is 2.09. The van der Waals surface area contributed by atoms with E-state index in [1.807, 2.05) is 24.3 Å². The third-order valence-corrected chi connectivity index (χ3v) is 3.36. The first-order chi connectivity index (χ1) is 9.41. The van der Waals surface area contributed by atoms with Gasteiger partial charge in [-0.2, -0.15) is 0 Å². The standard InChI is InChI=1S/C17H17ClO2/c1-17(2,3)13-7-9-14(10-8-13)20-16-12(11-19)5-4-6-15(16)18/h4-11H,1-3H3. The van der Waals surface area contributed by atoms with Crippen LogP contribution in [-0.2, 0) is 5.41 Å². The molecule has 2 nitrogen and oxygen atoms in total. The van der Waals surface area contributed by atoms with Gasteiger partial charge in [0, 0.05) is 0 Å². The Bertz CT molecular complexity index is 610. The summed E-state index contributed by atoms with van der Waals surface area (Å²) in [6.07, 6.45) is 0.741. The van der Waals surface area contributed by atoms with Crippen molar-refractivity contribution in [3.05, 3.63) is 58.6 Å². The lowest BCUT2D eigenvalue weighted by atomic mass is 9.87. The lowest BCUT2D eigenvalue weighted by molar-refractivity contribution is 0.112. The van der Waals surface area contributed by atoms with E-state index in [9.17, 15) is 4.79 Å². The molecule has 0 spiro atoms. The molecule has 2 aromatic carbocycles. The third-order valence-electron chi connectivity index (χ3n) is 3.06. The molecule has 20 heavy (non-hydrogen) atoms. The summed E-state index contributed by atoms with van der Waals surface area (Å²) in [5.74, 6) is 1.06. The number of carbonyl (C=O) groups is 1. The zero-order valence-corrected chi connectivity index (χ0v) is 12.6. The summed E-state index contributed by atoms with van der Waals surface area (Å²) >= 11 is 6.08. The maximum absolute atomic E-state index is 11.0. The molecular weight excluding hydrogens is 272 g/mol. The lowest BCUT2D eigenvalue weighted by Crippen LogP contribution is -2.10. The Morgan fingerprint density at radius 1 is 1.05 bits per heavy atom. The van der Waals surface area contributed by atoms with Gasteiger partial charge in [0.05, 0.1) is 10.6 Å². The maximum atomic E-state index is 11.0. The molecule has 0 fully saturated rings. The molecule has 3 heteroatoms. The zero-order valence-electron chi connectivity index (χ0n) is 11.8. The van der Waals surface area contributed by atoms with Gasteiger partial charge in [-0.05, 0) is 35.2 Å². The monoisotopic (exact) mass is 288 g/mol. The molecule has 0 amide bonds. The summed E-state index contributed by atoms with van der Waals surface area (Å²) in [5.41, 5.74) is 1.76. The minimum absolute atomic E-state index is 0.0941. The number of halogens is 1. The van der Waals surface area contributed by atoms with Crippen LogP contribution in [0.15, 0.2) is 42.5 Å². The van der Waals surface area contributed by atoms with E-state index in [1.54, 1.807) is 18.2 Å². The topological polar surface area (TPSA) is 26.3 Å². The van der Waals surface area contributed by atoms with Crippen molar-refractivity contribution >= 4 is 17.9 Å². The molecule has 0 bridgehead atoms. The lowest BCUT2D eigenvalue weighted by Gasteiger charge is -2.19. The van der Waals surface area contributed by atoms with Gasteiger partial charge in [0.1, 0.15) is 5.75 Å². The highest BCUT2D eigenvalue weighted by Crippen LogP contribution is 2.33. The Morgan fingerprint density at radius 2 is 1.70 bits per heavy atom. The van der Waals surface area contributed by atoms with Crippen LogP contribution < -0.4 is 4.74 Å². The van der Waals surface area contributed by atoms with E-state index in [-0.39, 0.29) is 5.41 Å². The van der Waals surface area contributed by atoms with Gasteiger partial charge >= 0.3 is 0 Å². The van der Waals surface area contributed by atoms with Crippen molar-refractivity contribution in [1.82, 2.24) is 0 Å². The molecule has 0 atom stereocenters. The van der Waals surface area contributed by atoms with Gasteiger partial charge in [-0.15, -0.1) is 0 Å². The number of aldehydes is 1. The van der Waals surface area contributed by atoms with E-state index in [1.165, 1.54) is 5.56 Å². The van der Waals surface area contributed by atoms with Crippen LogP contribution in [0, 0.1) is 0 Å². The fourth-order valence-electron chi connectivity index (χ4n) is 1.87.